The Morgan fingerprint density at radius 2 is 2.27 bits per heavy atom. The first-order chi connectivity index (χ1) is 6.82. The Morgan fingerprint density at radius 3 is 2.67 bits per heavy atom. The van der Waals surface area contributed by atoms with Gasteiger partial charge in [-0.2, -0.15) is 0 Å². The molecule has 4 nitrogen and oxygen atoms in total. The second-order valence-corrected chi connectivity index (χ2v) is 5.13. The fourth-order valence-corrected chi connectivity index (χ4v) is 1.92. The highest BCUT2D eigenvalue weighted by Crippen LogP contribution is 2.36. The number of carbonyl (C=O) groups is 2. The number of esters is 1. The van der Waals surface area contributed by atoms with Crippen LogP contribution in [0.15, 0.2) is 12.2 Å². The number of nitrogens with one attached hydrogen (secondary N) is 1. The van der Waals surface area contributed by atoms with E-state index in [2.05, 4.69) is 5.32 Å². The molecule has 4 heteroatoms. The number of fused-ring (bicyclic) bond motifs is 2. The Bertz CT molecular complexity index is 353. The molecule has 0 aromatic heterocycles. The topological polar surface area (TPSA) is 55.4 Å². The Kier molecular flexibility index (Phi) is 1.93. The van der Waals surface area contributed by atoms with Gasteiger partial charge in [-0.05, 0) is 27.2 Å². The number of carbonyl (C=O) groups excluding carboxylic acids is 2. The number of rotatable bonds is 1. The highest BCUT2D eigenvalue weighted by molar-refractivity contribution is 5.98. The van der Waals surface area contributed by atoms with Crippen LogP contribution < -0.4 is 5.32 Å². The maximum Gasteiger partial charge on any atom is 0.336 e. The van der Waals surface area contributed by atoms with Crippen LogP contribution in [0.1, 0.15) is 27.2 Å². The maximum atomic E-state index is 11.9. The predicted octanol–water partition coefficient (Wildman–Crippen LogP) is 0.773. The lowest BCUT2D eigenvalue weighted by atomic mass is 10.0. The molecule has 1 heterocycles. The van der Waals surface area contributed by atoms with Crippen molar-refractivity contribution >= 4 is 11.9 Å². The second-order valence-electron chi connectivity index (χ2n) is 5.13. The van der Waals surface area contributed by atoms with Gasteiger partial charge in [0.1, 0.15) is 5.60 Å². The van der Waals surface area contributed by atoms with Gasteiger partial charge in [-0.1, -0.05) is 12.2 Å². The van der Waals surface area contributed by atoms with Gasteiger partial charge in [0.05, 0.1) is 5.92 Å². The Hall–Kier alpha value is -1.32. The van der Waals surface area contributed by atoms with Crippen LogP contribution in [-0.4, -0.2) is 23.0 Å². The first-order valence-electron chi connectivity index (χ1n) is 5.07. The van der Waals surface area contributed by atoms with Crippen LogP contribution in [0.3, 0.4) is 0 Å². The summed E-state index contributed by atoms with van der Waals surface area (Å²) in [7, 11) is 0. The van der Waals surface area contributed by atoms with Crippen molar-refractivity contribution in [1.82, 2.24) is 5.32 Å². The minimum atomic E-state index is -0.894. The van der Waals surface area contributed by atoms with Crippen LogP contribution >= 0.6 is 0 Å². The van der Waals surface area contributed by atoms with Crippen molar-refractivity contribution < 1.29 is 14.3 Å². The van der Waals surface area contributed by atoms with Gasteiger partial charge in [0.25, 0.3) is 0 Å². The Labute approximate surface area is 88.7 Å². The van der Waals surface area contributed by atoms with E-state index in [9.17, 15) is 9.59 Å². The highest BCUT2D eigenvalue weighted by atomic mass is 16.6. The summed E-state index contributed by atoms with van der Waals surface area (Å²) in [6.07, 6.45) is 4.02. The third-order valence-electron chi connectivity index (χ3n) is 2.60. The number of hydrogen-bond donors (Lipinski definition) is 1. The molecule has 1 aliphatic carbocycles. The van der Waals surface area contributed by atoms with Crippen molar-refractivity contribution in [1.29, 1.82) is 0 Å². The number of ether oxygens (including phenoxy) is 1. The molecule has 0 aromatic carbocycles. The van der Waals surface area contributed by atoms with Gasteiger partial charge in [-0.25, -0.2) is 4.79 Å². The van der Waals surface area contributed by atoms with Crippen LogP contribution in [0.4, 0.5) is 0 Å². The average Bonchev–Trinajstić information content (AvgIpc) is 2.58. The summed E-state index contributed by atoms with van der Waals surface area (Å²) in [5, 5.41) is 2.69. The summed E-state index contributed by atoms with van der Waals surface area (Å²) in [5.41, 5.74) is -1.42. The van der Waals surface area contributed by atoms with Crippen LogP contribution in [0, 0.1) is 5.92 Å². The zero-order chi connectivity index (χ0) is 11.3. The normalized spacial score (nSPS) is 33.0. The minimum Gasteiger partial charge on any atom is -0.458 e. The molecule has 1 fully saturated rings. The van der Waals surface area contributed by atoms with Crippen molar-refractivity contribution in [2.24, 2.45) is 5.92 Å². The maximum absolute atomic E-state index is 11.9. The third kappa shape index (κ3) is 1.64. The van der Waals surface area contributed by atoms with E-state index in [1.165, 1.54) is 0 Å². The van der Waals surface area contributed by atoms with Crippen molar-refractivity contribution in [3.63, 3.8) is 0 Å². The molecule has 2 bridgehead atoms. The summed E-state index contributed by atoms with van der Waals surface area (Å²) in [6, 6.07) is 0. The fraction of sp³-hybridized carbons (Fsp3) is 0.636. The predicted molar refractivity (Wildman–Crippen MR) is 54.0 cm³/mol. The SMILES string of the molecule is CC(C)(C)OC(=O)C12C=CC(C1)C(=O)N2. The molecule has 82 valence electrons. The summed E-state index contributed by atoms with van der Waals surface area (Å²) in [5.74, 6) is -0.597. The van der Waals surface area contributed by atoms with Crippen molar-refractivity contribution in [2.75, 3.05) is 0 Å². The smallest absolute Gasteiger partial charge is 0.336 e. The zero-order valence-corrected chi connectivity index (χ0v) is 9.16. The zero-order valence-electron chi connectivity index (χ0n) is 9.16. The quantitative estimate of drug-likeness (QED) is 0.512. The van der Waals surface area contributed by atoms with Gasteiger partial charge in [0.2, 0.25) is 5.91 Å². The first-order valence-corrected chi connectivity index (χ1v) is 5.07. The molecule has 0 saturated carbocycles. The van der Waals surface area contributed by atoms with E-state index in [0.717, 1.165) is 0 Å². The molecule has 1 amide bonds. The summed E-state index contributed by atoms with van der Waals surface area (Å²) in [4.78, 5) is 23.2. The van der Waals surface area contributed by atoms with Gasteiger partial charge >= 0.3 is 5.97 Å². The second kappa shape index (κ2) is 2.84. The molecule has 15 heavy (non-hydrogen) atoms. The van der Waals surface area contributed by atoms with Crippen LogP contribution in [0.25, 0.3) is 0 Å². The van der Waals surface area contributed by atoms with E-state index >= 15 is 0 Å². The van der Waals surface area contributed by atoms with Crippen molar-refractivity contribution in [2.45, 2.75) is 38.3 Å². The molecule has 0 spiro atoms. The average molecular weight is 209 g/mol. The molecule has 1 aliphatic heterocycles. The van der Waals surface area contributed by atoms with Gasteiger partial charge in [0.15, 0.2) is 5.54 Å². The molecule has 2 aliphatic rings. The third-order valence-corrected chi connectivity index (χ3v) is 2.60. The van der Waals surface area contributed by atoms with Gasteiger partial charge < -0.3 is 10.1 Å². The lowest BCUT2D eigenvalue weighted by Crippen LogP contribution is -2.50. The van der Waals surface area contributed by atoms with E-state index in [4.69, 9.17) is 4.74 Å². The molecule has 2 atom stereocenters. The molecule has 2 rings (SSSR count). The first kappa shape index (κ1) is 10.2. The number of hydrogen-bond acceptors (Lipinski definition) is 3. The standard InChI is InChI=1S/C11H15NO3/c1-10(2,3)15-9(14)11-5-4-7(6-11)8(13)12-11/h4-5,7H,6H2,1-3H3,(H,12,13). The van der Waals surface area contributed by atoms with E-state index < -0.39 is 11.1 Å². The molecule has 0 radical (unpaired) electrons. The van der Waals surface area contributed by atoms with Gasteiger partial charge in [-0.15, -0.1) is 0 Å². The van der Waals surface area contributed by atoms with E-state index in [1.54, 1.807) is 12.2 Å². The highest BCUT2D eigenvalue weighted by Gasteiger charge is 2.52. The Balaban J connectivity index is 2.15. The molecule has 2 unspecified atom stereocenters. The van der Waals surface area contributed by atoms with Gasteiger partial charge in [0, 0.05) is 0 Å². The van der Waals surface area contributed by atoms with Gasteiger partial charge in [-0.3, -0.25) is 4.79 Å². The van der Waals surface area contributed by atoms with E-state index in [-0.39, 0.29) is 17.8 Å². The largest absolute Gasteiger partial charge is 0.458 e. The van der Waals surface area contributed by atoms with E-state index in [1.807, 2.05) is 20.8 Å². The van der Waals surface area contributed by atoms with E-state index in [0.29, 0.717) is 6.42 Å². The summed E-state index contributed by atoms with van der Waals surface area (Å²) in [6.45, 7) is 5.44. The number of amides is 1. The van der Waals surface area contributed by atoms with Crippen LogP contribution in [0.2, 0.25) is 0 Å². The molecule has 1 N–H and O–H groups in total. The minimum absolute atomic E-state index is 0.0802. The van der Waals surface area contributed by atoms with Crippen LogP contribution in [0.5, 0.6) is 0 Å². The summed E-state index contributed by atoms with van der Waals surface area (Å²) < 4.78 is 5.29. The molecule has 1 saturated heterocycles. The van der Waals surface area contributed by atoms with Crippen molar-refractivity contribution in [3.05, 3.63) is 12.2 Å². The fourth-order valence-electron chi connectivity index (χ4n) is 1.92. The van der Waals surface area contributed by atoms with Crippen LogP contribution in [-0.2, 0) is 14.3 Å². The van der Waals surface area contributed by atoms with Crippen molar-refractivity contribution in [3.8, 4) is 0 Å². The molecular formula is C11H15NO3. The lowest BCUT2D eigenvalue weighted by Gasteiger charge is -2.28. The Morgan fingerprint density at radius 1 is 1.60 bits per heavy atom. The monoisotopic (exact) mass is 209 g/mol. The summed E-state index contributed by atoms with van der Waals surface area (Å²) >= 11 is 0. The molecule has 0 aromatic rings. The lowest BCUT2D eigenvalue weighted by molar-refractivity contribution is -0.160. The molecular weight excluding hydrogens is 194 g/mol.